The van der Waals surface area contributed by atoms with Gasteiger partial charge in [-0.05, 0) is 43.9 Å². The average Bonchev–Trinajstić information content (AvgIpc) is 2.14. The number of halogens is 1. The lowest BCUT2D eigenvalue weighted by Crippen LogP contribution is -2.63. The molecule has 0 aromatic rings. The SMILES string of the molecule is FNC1CCC(N2CC3(CCC3)C2)CC1. The zero-order chi connectivity index (χ0) is 10.3. The molecule has 2 nitrogen and oxygen atoms in total. The Morgan fingerprint density at radius 3 is 2.20 bits per heavy atom. The smallest absolute Gasteiger partial charge is 0.0373 e. The molecular formula is C12H21FN2. The molecule has 1 spiro atoms. The molecule has 0 aromatic heterocycles. The van der Waals surface area contributed by atoms with Crippen LogP contribution in [-0.4, -0.2) is 30.1 Å². The second-order valence-electron chi connectivity index (χ2n) is 5.87. The minimum Gasteiger partial charge on any atom is -0.299 e. The third kappa shape index (κ3) is 1.70. The number of hydrogen-bond acceptors (Lipinski definition) is 2. The largest absolute Gasteiger partial charge is 0.299 e. The number of hydrogen-bond donors (Lipinski definition) is 1. The Morgan fingerprint density at radius 1 is 1.07 bits per heavy atom. The fraction of sp³-hybridized carbons (Fsp3) is 1.00. The molecule has 3 fully saturated rings. The van der Waals surface area contributed by atoms with Crippen LogP contribution in [0.5, 0.6) is 0 Å². The van der Waals surface area contributed by atoms with Gasteiger partial charge < -0.3 is 0 Å². The standard InChI is InChI=1S/C12H21FN2/c13-14-10-2-4-11(5-3-10)15-8-12(9-15)6-1-7-12/h10-11,14H,1-9H2. The van der Waals surface area contributed by atoms with E-state index >= 15 is 0 Å². The second-order valence-corrected chi connectivity index (χ2v) is 5.87. The number of likely N-dealkylation sites (tertiary alicyclic amines) is 1. The molecule has 1 heterocycles. The maximum absolute atomic E-state index is 12.2. The molecule has 0 aromatic carbocycles. The van der Waals surface area contributed by atoms with E-state index in [9.17, 15) is 4.48 Å². The van der Waals surface area contributed by atoms with Gasteiger partial charge >= 0.3 is 0 Å². The first-order valence-electron chi connectivity index (χ1n) is 6.42. The van der Waals surface area contributed by atoms with Crippen LogP contribution in [0, 0.1) is 5.41 Å². The van der Waals surface area contributed by atoms with Gasteiger partial charge in [0.25, 0.3) is 0 Å². The van der Waals surface area contributed by atoms with E-state index in [2.05, 4.69) is 4.90 Å². The quantitative estimate of drug-likeness (QED) is 0.706. The lowest BCUT2D eigenvalue weighted by atomic mass is 9.63. The molecule has 0 unspecified atom stereocenters. The van der Waals surface area contributed by atoms with Gasteiger partial charge in [-0.15, -0.1) is 4.48 Å². The van der Waals surface area contributed by atoms with Gasteiger partial charge in [0.1, 0.15) is 0 Å². The summed E-state index contributed by atoms with van der Waals surface area (Å²) >= 11 is 0. The average molecular weight is 212 g/mol. The summed E-state index contributed by atoms with van der Waals surface area (Å²) in [7, 11) is 0. The van der Waals surface area contributed by atoms with Crippen molar-refractivity contribution in [2.45, 2.75) is 57.0 Å². The molecule has 1 saturated heterocycles. The van der Waals surface area contributed by atoms with Gasteiger partial charge in [-0.25, -0.2) is 0 Å². The van der Waals surface area contributed by atoms with Gasteiger partial charge in [-0.2, -0.15) is 5.54 Å². The topological polar surface area (TPSA) is 15.3 Å². The van der Waals surface area contributed by atoms with Crippen LogP contribution in [0.25, 0.3) is 0 Å². The van der Waals surface area contributed by atoms with Crippen molar-refractivity contribution in [1.82, 2.24) is 10.4 Å². The van der Waals surface area contributed by atoms with Crippen molar-refractivity contribution in [2.75, 3.05) is 13.1 Å². The molecule has 3 heteroatoms. The molecule has 0 atom stereocenters. The maximum atomic E-state index is 12.2. The van der Waals surface area contributed by atoms with Gasteiger partial charge in [-0.3, -0.25) is 4.90 Å². The second kappa shape index (κ2) is 3.70. The third-order valence-corrected chi connectivity index (χ3v) is 4.86. The Morgan fingerprint density at radius 2 is 1.73 bits per heavy atom. The molecule has 3 aliphatic rings. The summed E-state index contributed by atoms with van der Waals surface area (Å²) in [5, 5.41) is 0. The molecular weight excluding hydrogens is 191 g/mol. The lowest BCUT2D eigenvalue weighted by molar-refractivity contribution is -0.0912. The number of rotatable bonds is 2. The van der Waals surface area contributed by atoms with E-state index in [-0.39, 0.29) is 6.04 Å². The van der Waals surface area contributed by atoms with Gasteiger partial charge in [0, 0.05) is 25.2 Å². The van der Waals surface area contributed by atoms with Crippen LogP contribution in [0.3, 0.4) is 0 Å². The van der Waals surface area contributed by atoms with Crippen molar-refractivity contribution in [3.63, 3.8) is 0 Å². The Balaban J connectivity index is 1.45. The van der Waals surface area contributed by atoms with Crippen molar-refractivity contribution < 1.29 is 4.48 Å². The zero-order valence-corrected chi connectivity index (χ0v) is 9.34. The van der Waals surface area contributed by atoms with Gasteiger partial charge in [0.15, 0.2) is 0 Å². The van der Waals surface area contributed by atoms with Crippen LogP contribution in [0.4, 0.5) is 4.48 Å². The first-order chi connectivity index (χ1) is 7.31. The summed E-state index contributed by atoms with van der Waals surface area (Å²) in [6, 6.07) is 0.904. The first kappa shape index (κ1) is 10.0. The first-order valence-corrected chi connectivity index (χ1v) is 6.42. The van der Waals surface area contributed by atoms with Gasteiger partial charge in [0.05, 0.1) is 0 Å². The van der Waals surface area contributed by atoms with Crippen LogP contribution >= 0.6 is 0 Å². The van der Waals surface area contributed by atoms with Crippen molar-refractivity contribution in [2.24, 2.45) is 5.41 Å². The van der Waals surface area contributed by atoms with Gasteiger partial charge in [-0.1, -0.05) is 6.42 Å². The predicted octanol–water partition coefficient (Wildman–Crippen LogP) is 2.26. The molecule has 1 N–H and O–H groups in total. The number of nitrogens with one attached hydrogen (secondary N) is 1. The molecule has 0 amide bonds. The highest BCUT2D eigenvalue weighted by Gasteiger charge is 2.49. The van der Waals surface area contributed by atoms with E-state index in [1.807, 2.05) is 5.54 Å². The van der Waals surface area contributed by atoms with E-state index in [1.54, 1.807) is 0 Å². The summed E-state index contributed by atoms with van der Waals surface area (Å²) in [6.45, 7) is 2.68. The van der Waals surface area contributed by atoms with Crippen LogP contribution < -0.4 is 5.54 Å². The van der Waals surface area contributed by atoms with Crippen molar-refractivity contribution in [3.05, 3.63) is 0 Å². The molecule has 86 valence electrons. The maximum Gasteiger partial charge on any atom is 0.0373 e. The molecule has 2 saturated carbocycles. The molecule has 1 aliphatic heterocycles. The third-order valence-electron chi connectivity index (χ3n) is 4.86. The van der Waals surface area contributed by atoms with Crippen LogP contribution in [0.2, 0.25) is 0 Å². The van der Waals surface area contributed by atoms with Crippen LogP contribution in [-0.2, 0) is 0 Å². The van der Waals surface area contributed by atoms with Gasteiger partial charge in [0.2, 0.25) is 0 Å². The minimum atomic E-state index is 0.139. The molecule has 0 bridgehead atoms. The Bertz CT molecular complexity index is 224. The normalized spacial score (nSPS) is 39.8. The highest BCUT2D eigenvalue weighted by Crippen LogP contribution is 2.49. The summed E-state index contributed by atoms with van der Waals surface area (Å²) in [5.74, 6) is 0. The van der Waals surface area contributed by atoms with E-state index in [4.69, 9.17) is 0 Å². The molecule has 15 heavy (non-hydrogen) atoms. The van der Waals surface area contributed by atoms with E-state index in [1.165, 1.54) is 45.2 Å². The summed E-state index contributed by atoms with van der Waals surface area (Å²) < 4.78 is 12.2. The van der Waals surface area contributed by atoms with E-state index < -0.39 is 0 Å². The van der Waals surface area contributed by atoms with E-state index in [0.29, 0.717) is 0 Å². The Hall–Kier alpha value is -0.150. The Labute approximate surface area is 91.1 Å². The van der Waals surface area contributed by atoms with Crippen molar-refractivity contribution in [3.8, 4) is 0 Å². The highest BCUT2D eigenvalue weighted by molar-refractivity contribution is 5.02. The molecule has 0 radical (unpaired) electrons. The predicted molar refractivity (Wildman–Crippen MR) is 58.1 cm³/mol. The van der Waals surface area contributed by atoms with Crippen LogP contribution in [0.1, 0.15) is 44.9 Å². The Kier molecular flexibility index (Phi) is 2.48. The van der Waals surface area contributed by atoms with Crippen molar-refractivity contribution >= 4 is 0 Å². The minimum absolute atomic E-state index is 0.139. The lowest BCUT2D eigenvalue weighted by Gasteiger charge is -2.59. The van der Waals surface area contributed by atoms with Crippen molar-refractivity contribution in [1.29, 1.82) is 0 Å². The molecule has 2 aliphatic carbocycles. The fourth-order valence-electron chi connectivity index (χ4n) is 3.62. The summed E-state index contributed by atoms with van der Waals surface area (Å²) in [6.07, 6.45) is 8.80. The van der Waals surface area contributed by atoms with E-state index in [0.717, 1.165) is 24.3 Å². The summed E-state index contributed by atoms with van der Waals surface area (Å²) in [5.41, 5.74) is 2.66. The number of nitrogens with zero attached hydrogens (tertiary/aromatic N) is 1. The fourth-order valence-corrected chi connectivity index (χ4v) is 3.62. The zero-order valence-electron chi connectivity index (χ0n) is 9.34. The molecule has 3 rings (SSSR count). The summed E-state index contributed by atoms with van der Waals surface area (Å²) in [4.78, 5) is 2.65. The monoisotopic (exact) mass is 212 g/mol. The van der Waals surface area contributed by atoms with Crippen LogP contribution in [0.15, 0.2) is 0 Å². The highest BCUT2D eigenvalue weighted by atomic mass is 19.2.